The molecule has 0 bridgehead atoms. The number of ether oxygens (including phenoxy) is 2. The van der Waals surface area contributed by atoms with Gasteiger partial charge in [-0.25, -0.2) is 13.1 Å². The van der Waals surface area contributed by atoms with Crippen molar-refractivity contribution in [3.8, 4) is 11.5 Å². The highest BCUT2D eigenvalue weighted by Gasteiger charge is 2.20. The number of nitrogens with one attached hydrogen (secondary N) is 1. The van der Waals surface area contributed by atoms with Gasteiger partial charge < -0.3 is 14.0 Å². The summed E-state index contributed by atoms with van der Waals surface area (Å²) in [5.41, 5.74) is 1.14. The van der Waals surface area contributed by atoms with Gasteiger partial charge in [0.1, 0.15) is 4.90 Å². The van der Waals surface area contributed by atoms with Gasteiger partial charge >= 0.3 is 0 Å². The first-order valence-electron chi connectivity index (χ1n) is 8.41. The predicted molar refractivity (Wildman–Crippen MR) is 109 cm³/mol. The molecule has 27 heavy (non-hydrogen) atoms. The third-order valence-corrected chi connectivity index (χ3v) is 6.70. The van der Waals surface area contributed by atoms with Crippen molar-refractivity contribution in [2.45, 2.75) is 17.9 Å². The lowest BCUT2D eigenvalue weighted by Gasteiger charge is -2.13. The fourth-order valence-corrected chi connectivity index (χ4v) is 5.02. The van der Waals surface area contributed by atoms with E-state index in [2.05, 4.69) is 43.4 Å². The standard InChI is InChI=1S/C19H21BrN2O4S/c1-25-17-12-15(20)19(13-18(17)26-2)27(23,24)21-9-5-10-22-11-8-14-6-3-4-7-16(14)22/h3-4,6-8,11-13,21H,5,9-10H2,1-2H3. The van der Waals surface area contributed by atoms with Crippen LogP contribution < -0.4 is 14.2 Å². The van der Waals surface area contributed by atoms with Crippen LogP contribution in [-0.2, 0) is 16.6 Å². The highest BCUT2D eigenvalue weighted by molar-refractivity contribution is 9.10. The molecule has 0 saturated carbocycles. The molecule has 8 heteroatoms. The molecular weight excluding hydrogens is 432 g/mol. The van der Waals surface area contributed by atoms with Gasteiger partial charge in [-0.2, -0.15) is 0 Å². The molecule has 0 radical (unpaired) electrons. The Bertz CT molecular complexity index is 1050. The first-order valence-corrected chi connectivity index (χ1v) is 10.7. The zero-order chi connectivity index (χ0) is 19.4. The lowest BCUT2D eigenvalue weighted by Crippen LogP contribution is -2.26. The molecule has 144 valence electrons. The molecule has 0 aliphatic heterocycles. The van der Waals surface area contributed by atoms with E-state index in [1.807, 2.05) is 18.3 Å². The number of sulfonamides is 1. The zero-order valence-electron chi connectivity index (χ0n) is 15.1. The Morgan fingerprint density at radius 3 is 2.52 bits per heavy atom. The first-order chi connectivity index (χ1) is 13.0. The number of para-hydroxylation sites is 1. The minimum Gasteiger partial charge on any atom is -0.493 e. The van der Waals surface area contributed by atoms with Crippen LogP contribution in [0.5, 0.6) is 11.5 Å². The Morgan fingerprint density at radius 2 is 1.78 bits per heavy atom. The Labute approximate surface area is 167 Å². The summed E-state index contributed by atoms with van der Waals surface area (Å²) in [5, 5.41) is 1.17. The van der Waals surface area contributed by atoms with Crippen molar-refractivity contribution in [2.24, 2.45) is 0 Å². The van der Waals surface area contributed by atoms with Crippen LogP contribution in [0.4, 0.5) is 0 Å². The van der Waals surface area contributed by atoms with Crippen molar-refractivity contribution in [3.05, 3.63) is 53.1 Å². The normalized spacial score (nSPS) is 11.7. The molecule has 2 aromatic carbocycles. The average Bonchev–Trinajstić information content (AvgIpc) is 3.08. The van der Waals surface area contributed by atoms with Crippen molar-refractivity contribution >= 4 is 36.9 Å². The maximum atomic E-state index is 12.7. The molecule has 1 N–H and O–H groups in total. The Morgan fingerprint density at radius 1 is 1.07 bits per heavy atom. The summed E-state index contributed by atoms with van der Waals surface area (Å²) in [4.78, 5) is 0.117. The molecule has 0 saturated heterocycles. The molecule has 0 spiro atoms. The molecule has 0 fully saturated rings. The maximum absolute atomic E-state index is 12.7. The molecule has 0 unspecified atom stereocenters. The van der Waals surface area contributed by atoms with E-state index in [-0.39, 0.29) is 4.90 Å². The minimum absolute atomic E-state index is 0.117. The van der Waals surface area contributed by atoms with E-state index in [1.165, 1.54) is 25.7 Å². The van der Waals surface area contributed by atoms with Crippen LogP contribution >= 0.6 is 15.9 Å². The van der Waals surface area contributed by atoms with Crippen LogP contribution in [-0.4, -0.2) is 33.7 Å². The summed E-state index contributed by atoms with van der Waals surface area (Å²) in [6.45, 7) is 1.05. The number of methoxy groups -OCH3 is 2. The number of hydrogen-bond acceptors (Lipinski definition) is 4. The summed E-state index contributed by atoms with van der Waals surface area (Å²) in [7, 11) is -0.703. The zero-order valence-corrected chi connectivity index (χ0v) is 17.5. The summed E-state index contributed by atoms with van der Waals surface area (Å²) < 4.78 is 40.9. The Kier molecular flexibility index (Phi) is 6.08. The second-order valence-corrected chi connectivity index (χ2v) is 8.55. The lowest BCUT2D eigenvalue weighted by atomic mass is 10.2. The molecule has 3 aromatic rings. The molecular formula is C19H21BrN2O4S. The Balaban J connectivity index is 1.67. The molecule has 0 aliphatic carbocycles. The van der Waals surface area contributed by atoms with E-state index in [1.54, 1.807) is 6.07 Å². The van der Waals surface area contributed by atoms with Gasteiger partial charge in [0.15, 0.2) is 11.5 Å². The number of rotatable bonds is 8. The van der Waals surface area contributed by atoms with Gasteiger partial charge in [0.2, 0.25) is 10.0 Å². The molecule has 1 aromatic heterocycles. The molecule has 3 rings (SSSR count). The number of nitrogens with zero attached hydrogens (tertiary/aromatic N) is 1. The first kappa shape index (κ1) is 19.7. The highest BCUT2D eigenvalue weighted by atomic mass is 79.9. The third-order valence-electron chi connectivity index (χ3n) is 4.28. The Hall–Kier alpha value is -2.03. The summed E-state index contributed by atoms with van der Waals surface area (Å²) >= 11 is 3.30. The fourth-order valence-electron chi connectivity index (χ4n) is 2.91. The number of aromatic nitrogens is 1. The van der Waals surface area contributed by atoms with E-state index < -0.39 is 10.0 Å². The highest BCUT2D eigenvalue weighted by Crippen LogP contribution is 2.35. The lowest BCUT2D eigenvalue weighted by molar-refractivity contribution is 0.353. The van der Waals surface area contributed by atoms with Gasteiger partial charge in [-0.1, -0.05) is 18.2 Å². The third kappa shape index (κ3) is 4.28. The summed E-state index contributed by atoms with van der Waals surface area (Å²) in [5.74, 6) is 0.822. The number of aryl methyl sites for hydroxylation is 1. The number of benzene rings is 2. The van der Waals surface area contributed by atoms with Crippen molar-refractivity contribution in [1.29, 1.82) is 0 Å². The van der Waals surface area contributed by atoms with Crippen molar-refractivity contribution < 1.29 is 17.9 Å². The fraction of sp³-hybridized carbons (Fsp3) is 0.263. The van der Waals surface area contributed by atoms with Gasteiger partial charge in [-0.3, -0.25) is 0 Å². The largest absolute Gasteiger partial charge is 0.493 e. The van der Waals surface area contributed by atoms with E-state index in [4.69, 9.17) is 9.47 Å². The maximum Gasteiger partial charge on any atom is 0.241 e. The summed E-state index contributed by atoms with van der Waals surface area (Å²) in [6, 6.07) is 13.2. The van der Waals surface area contributed by atoms with Crippen LogP contribution in [0.1, 0.15) is 6.42 Å². The molecule has 0 amide bonds. The van der Waals surface area contributed by atoms with Crippen molar-refractivity contribution in [2.75, 3.05) is 20.8 Å². The predicted octanol–water partition coefficient (Wildman–Crippen LogP) is 3.79. The molecule has 0 aliphatic rings. The van der Waals surface area contributed by atoms with Crippen LogP contribution in [0.25, 0.3) is 10.9 Å². The minimum atomic E-state index is -3.67. The summed E-state index contributed by atoms with van der Waals surface area (Å²) in [6.07, 6.45) is 2.69. The number of hydrogen-bond donors (Lipinski definition) is 1. The quantitative estimate of drug-likeness (QED) is 0.527. The second-order valence-electron chi connectivity index (χ2n) is 5.96. The molecule has 6 nitrogen and oxygen atoms in total. The van der Waals surface area contributed by atoms with E-state index in [9.17, 15) is 8.42 Å². The molecule has 0 atom stereocenters. The second kappa shape index (κ2) is 8.33. The van der Waals surface area contributed by atoms with E-state index in [0.717, 1.165) is 12.1 Å². The van der Waals surface area contributed by atoms with Crippen LogP contribution in [0.3, 0.4) is 0 Å². The van der Waals surface area contributed by atoms with Crippen molar-refractivity contribution in [3.63, 3.8) is 0 Å². The van der Waals surface area contributed by atoms with Gasteiger partial charge in [0.05, 0.1) is 14.2 Å². The smallest absolute Gasteiger partial charge is 0.241 e. The average molecular weight is 453 g/mol. The van der Waals surface area contributed by atoms with Gasteiger partial charge in [-0.05, 0) is 45.9 Å². The monoisotopic (exact) mass is 452 g/mol. The van der Waals surface area contributed by atoms with E-state index >= 15 is 0 Å². The number of halogens is 1. The van der Waals surface area contributed by atoms with E-state index in [0.29, 0.717) is 28.9 Å². The van der Waals surface area contributed by atoms with Gasteiger partial charge in [-0.15, -0.1) is 0 Å². The number of fused-ring (bicyclic) bond motifs is 1. The van der Waals surface area contributed by atoms with Gasteiger partial charge in [0, 0.05) is 35.3 Å². The van der Waals surface area contributed by atoms with Crippen LogP contribution in [0.2, 0.25) is 0 Å². The van der Waals surface area contributed by atoms with Crippen LogP contribution in [0.15, 0.2) is 58.0 Å². The van der Waals surface area contributed by atoms with Crippen LogP contribution in [0, 0.1) is 0 Å². The SMILES string of the molecule is COc1cc(Br)c(S(=O)(=O)NCCCn2ccc3ccccc32)cc1OC. The molecule has 1 heterocycles. The van der Waals surface area contributed by atoms with Gasteiger partial charge in [0.25, 0.3) is 0 Å². The van der Waals surface area contributed by atoms with Crippen molar-refractivity contribution in [1.82, 2.24) is 9.29 Å². The topological polar surface area (TPSA) is 69.6 Å².